The lowest BCUT2D eigenvalue weighted by Crippen LogP contribution is -2.31. The quantitative estimate of drug-likeness (QED) is 0.0224. The van der Waals surface area contributed by atoms with Gasteiger partial charge in [-0.15, -0.1) is 0 Å². The monoisotopic (exact) mass is 1670 g/mol. The molecule has 14 aromatic rings. The number of ether oxygens (including phenoxy) is 5. The summed E-state index contributed by atoms with van der Waals surface area (Å²) in [4.78, 5) is 49.8. The second-order valence-electron chi connectivity index (χ2n) is 33.0. The number of hydrogen-bond donors (Lipinski definition) is 1. The van der Waals surface area contributed by atoms with E-state index in [4.69, 9.17) is 23.7 Å². The Morgan fingerprint density at radius 2 is 0.433 bits per heavy atom. The molecule has 0 spiro atoms. The van der Waals surface area contributed by atoms with E-state index in [1.165, 1.54) is 147 Å². The Kier molecular flexibility index (Phi) is 31.6. The van der Waals surface area contributed by atoms with Crippen molar-refractivity contribution in [1.82, 2.24) is 0 Å². The molecule has 0 aromatic heterocycles. The minimum absolute atomic E-state index is 0.148. The summed E-state index contributed by atoms with van der Waals surface area (Å²) in [5, 5.41) is 10.1. The van der Waals surface area contributed by atoms with Gasteiger partial charge in [-0.3, -0.25) is 0 Å². The first-order valence-corrected chi connectivity index (χ1v) is 44.1. The summed E-state index contributed by atoms with van der Waals surface area (Å²) < 4.78 is 27.3. The van der Waals surface area contributed by atoms with Crippen LogP contribution in [-0.4, -0.2) is 67.6 Å². The lowest BCUT2D eigenvalue weighted by Gasteiger charge is -2.20. The molecule has 14 rings (SSSR count). The molecule has 0 saturated heterocycles. The highest BCUT2D eigenvalue weighted by molar-refractivity contribution is 5.92. The molecule has 10 heteroatoms. The van der Waals surface area contributed by atoms with E-state index in [-0.39, 0.29) is 24.4 Å². The van der Waals surface area contributed by atoms with Crippen LogP contribution in [0.4, 0.5) is 0 Å². The van der Waals surface area contributed by atoms with Gasteiger partial charge in [0.05, 0.1) is 0 Å². The SMILES string of the molecule is C=C(C)C(=O)OCC(O)COC(=O)C=CC(=O)OC(COC(=O)C(=C)C)COc1ccccc1Cc1ccccc1Cc1ccccc1Cc1ccccc1Cc1ccccc1Cc1ccccc1Cc1ccccc1Cc1ccccc1Cc1ccccc1Cc1ccccc1Cc1ccccc1Cc1ccccc1Cc1ccccc1Cc1ccccc1CC. The van der Waals surface area contributed by atoms with Crippen molar-refractivity contribution in [3.05, 3.63) is 526 Å². The van der Waals surface area contributed by atoms with E-state index >= 15 is 0 Å². The van der Waals surface area contributed by atoms with Crippen molar-refractivity contribution in [2.24, 2.45) is 0 Å². The van der Waals surface area contributed by atoms with Crippen molar-refractivity contribution in [2.75, 3.05) is 26.4 Å². The molecule has 0 saturated carbocycles. The summed E-state index contributed by atoms with van der Waals surface area (Å²) >= 11 is 0. The van der Waals surface area contributed by atoms with Gasteiger partial charge in [0.15, 0.2) is 6.10 Å². The Hall–Kier alpha value is -14.1. The molecule has 0 aliphatic rings. The molecular formula is C117H110O10. The smallest absolute Gasteiger partial charge is 0.333 e. The largest absolute Gasteiger partial charge is 0.489 e. The number of aliphatic hydroxyl groups excluding tert-OH is 1. The van der Waals surface area contributed by atoms with Crippen LogP contribution in [0.2, 0.25) is 0 Å². The average Bonchev–Trinajstić information content (AvgIpc) is 0.851. The number of esters is 4. The minimum Gasteiger partial charge on any atom is -0.489 e. The average molecular weight is 1680 g/mol. The Labute approximate surface area is 748 Å². The molecule has 2 atom stereocenters. The normalized spacial score (nSPS) is 11.7. The fourth-order valence-corrected chi connectivity index (χ4v) is 16.9. The van der Waals surface area contributed by atoms with E-state index in [9.17, 15) is 24.3 Å². The molecule has 10 nitrogen and oxygen atoms in total. The van der Waals surface area contributed by atoms with E-state index < -0.39 is 49.3 Å². The lowest BCUT2D eigenvalue weighted by molar-refractivity contribution is -0.155. The van der Waals surface area contributed by atoms with Crippen LogP contribution in [0.25, 0.3) is 0 Å². The maximum atomic E-state index is 13.1. The van der Waals surface area contributed by atoms with Crippen molar-refractivity contribution < 1.29 is 48.0 Å². The zero-order chi connectivity index (χ0) is 88.1. The van der Waals surface area contributed by atoms with Crippen LogP contribution < -0.4 is 4.74 Å². The molecule has 0 amide bonds. The third-order valence-corrected chi connectivity index (χ3v) is 23.8. The molecule has 0 aliphatic heterocycles. The van der Waals surface area contributed by atoms with Crippen LogP contribution in [0.15, 0.2) is 376 Å². The fraction of sp³-hybridized carbons (Fsp3) is 0.197. The zero-order valence-corrected chi connectivity index (χ0v) is 72.9. The van der Waals surface area contributed by atoms with Crippen molar-refractivity contribution in [3.63, 3.8) is 0 Å². The van der Waals surface area contributed by atoms with Gasteiger partial charge >= 0.3 is 23.9 Å². The van der Waals surface area contributed by atoms with Crippen LogP contribution in [-0.2, 0) is 128 Å². The van der Waals surface area contributed by atoms with Gasteiger partial charge in [-0.1, -0.05) is 354 Å². The van der Waals surface area contributed by atoms with Crippen LogP contribution in [0.1, 0.15) is 171 Å². The topological polar surface area (TPSA) is 135 Å². The van der Waals surface area contributed by atoms with Gasteiger partial charge in [-0.2, -0.15) is 0 Å². The number of aliphatic hydroxyl groups is 1. The van der Waals surface area contributed by atoms with Gasteiger partial charge in [0.1, 0.15) is 38.3 Å². The summed E-state index contributed by atoms with van der Waals surface area (Å²) in [5.41, 5.74) is 35.7. The third kappa shape index (κ3) is 25.4. The molecule has 638 valence electrons. The number of aryl methyl sites for hydroxylation is 1. The van der Waals surface area contributed by atoms with Gasteiger partial charge in [0, 0.05) is 29.7 Å². The fourth-order valence-electron chi connectivity index (χ4n) is 16.9. The number of carbonyl (C=O) groups excluding carboxylic acids is 4. The van der Waals surface area contributed by atoms with E-state index in [1.807, 2.05) is 30.3 Å². The van der Waals surface area contributed by atoms with Crippen LogP contribution in [0.3, 0.4) is 0 Å². The maximum absolute atomic E-state index is 13.1. The van der Waals surface area contributed by atoms with E-state index in [0.717, 1.165) is 106 Å². The first-order valence-electron chi connectivity index (χ1n) is 44.1. The zero-order valence-electron chi connectivity index (χ0n) is 72.9. The van der Waals surface area contributed by atoms with Crippen LogP contribution >= 0.6 is 0 Å². The first-order chi connectivity index (χ1) is 62.1. The maximum Gasteiger partial charge on any atom is 0.333 e. The first kappa shape index (κ1) is 89.2. The van der Waals surface area contributed by atoms with E-state index in [2.05, 4.69) is 329 Å². The van der Waals surface area contributed by atoms with Gasteiger partial charge in [-0.05, 0) is 254 Å². The Morgan fingerprint density at radius 1 is 0.252 bits per heavy atom. The molecule has 0 bridgehead atoms. The number of rotatable bonds is 41. The van der Waals surface area contributed by atoms with E-state index in [1.54, 1.807) is 0 Å². The summed E-state index contributed by atoms with van der Waals surface area (Å²) in [6, 6.07) is 124. The van der Waals surface area contributed by atoms with Gasteiger partial charge < -0.3 is 28.8 Å². The second-order valence-corrected chi connectivity index (χ2v) is 33.0. The lowest BCUT2D eigenvalue weighted by atomic mass is 9.87. The molecule has 14 aromatic carbocycles. The van der Waals surface area contributed by atoms with Gasteiger partial charge in [-0.25, -0.2) is 19.2 Å². The number of hydrogen-bond acceptors (Lipinski definition) is 10. The number of benzene rings is 14. The van der Waals surface area contributed by atoms with Crippen molar-refractivity contribution >= 4 is 23.9 Å². The number of para-hydroxylation sites is 1. The van der Waals surface area contributed by atoms with Crippen molar-refractivity contribution in [2.45, 2.75) is 123 Å². The van der Waals surface area contributed by atoms with Crippen LogP contribution in [0.5, 0.6) is 5.75 Å². The predicted octanol–water partition coefficient (Wildman–Crippen LogP) is 22.9. The highest BCUT2D eigenvalue weighted by Crippen LogP contribution is 2.34. The Balaban J connectivity index is 0.613. The predicted molar refractivity (Wildman–Crippen MR) is 509 cm³/mol. The van der Waals surface area contributed by atoms with Gasteiger partial charge in [0.25, 0.3) is 0 Å². The van der Waals surface area contributed by atoms with Gasteiger partial charge in [0.2, 0.25) is 0 Å². The minimum atomic E-state index is -1.31. The highest BCUT2D eigenvalue weighted by atomic mass is 16.6. The molecule has 1 N–H and O–H groups in total. The summed E-state index contributed by atoms with van der Waals surface area (Å²) in [5.74, 6) is -2.74. The highest BCUT2D eigenvalue weighted by Gasteiger charge is 2.23. The molecule has 0 aliphatic carbocycles. The standard InChI is InChI=1S/C117H110O10/c1-6-84-35-7-8-36-85(84)65-86-37-9-10-38-87(86)66-88-39-11-12-40-89(88)67-90-41-13-14-42-91(90)68-92-43-15-16-44-93(92)69-94-45-17-18-46-95(94)70-96-47-19-20-48-97(96)71-98-49-21-22-50-99(98)72-100-51-23-24-52-101(100)73-102-53-25-26-54-103(102)74-104-55-27-28-56-105(104)75-106-57-29-30-58-107(106)76-108-59-31-32-60-109(108)77-110-61-33-34-62-113(110)123-80-112(81-126-117(122)83(4)5)127-115(120)64-63-114(119)124-78-111(118)79-125-116(121)82(2)3/h7-64,111-112,118H,2,4,6,65-81H2,1,3,5H3. The summed E-state index contributed by atoms with van der Waals surface area (Å²) in [6.07, 6.45) is 10.7. The van der Waals surface area contributed by atoms with E-state index in [0.29, 0.717) is 18.6 Å². The summed E-state index contributed by atoms with van der Waals surface area (Å²) in [6.45, 7) is 10.9. The van der Waals surface area contributed by atoms with Crippen LogP contribution in [0, 0.1) is 0 Å². The molecule has 127 heavy (non-hydrogen) atoms. The van der Waals surface area contributed by atoms with Crippen molar-refractivity contribution in [3.8, 4) is 5.75 Å². The molecule has 2 unspecified atom stereocenters. The van der Waals surface area contributed by atoms with Crippen molar-refractivity contribution in [1.29, 1.82) is 0 Å². The second kappa shape index (κ2) is 45.0. The summed E-state index contributed by atoms with van der Waals surface area (Å²) in [7, 11) is 0. The number of carbonyl (C=O) groups is 4. The Morgan fingerprint density at radius 3 is 0.661 bits per heavy atom. The Bertz CT molecular complexity index is 6200. The molecule has 0 radical (unpaired) electrons. The molecule has 0 fully saturated rings. The molecule has 0 heterocycles. The molecular weight excluding hydrogens is 1570 g/mol. The third-order valence-electron chi connectivity index (χ3n) is 23.8.